The first-order valence-electron chi connectivity index (χ1n) is 6.06. The minimum atomic E-state index is -0.356. The molecule has 0 bridgehead atoms. The maximum absolute atomic E-state index is 11.4. The van der Waals surface area contributed by atoms with E-state index in [1.807, 2.05) is 13.8 Å². The van der Waals surface area contributed by atoms with Crippen LogP contribution in [-0.4, -0.2) is 25.3 Å². The molecule has 0 saturated heterocycles. The van der Waals surface area contributed by atoms with Gasteiger partial charge in [0.25, 0.3) is 0 Å². The Kier molecular flexibility index (Phi) is 5.69. The lowest BCUT2D eigenvalue weighted by atomic mass is 9.83. The zero-order chi connectivity index (χ0) is 11.1. The summed E-state index contributed by atoms with van der Waals surface area (Å²) in [7, 11) is 0. The number of ether oxygens (including phenoxy) is 2. The van der Waals surface area contributed by atoms with E-state index in [1.54, 1.807) is 0 Å². The molecule has 1 rings (SSSR count). The SMILES string of the molecule is CCOC(=O)C(CC)OCCC1CCC1. The Morgan fingerprint density at radius 2 is 2.13 bits per heavy atom. The Morgan fingerprint density at radius 1 is 1.40 bits per heavy atom. The Bertz CT molecular complexity index is 187. The van der Waals surface area contributed by atoms with Crippen molar-refractivity contribution in [2.75, 3.05) is 13.2 Å². The molecule has 1 aliphatic rings. The zero-order valence-corrected chi connectivity index (χ0v) is 9.83. The largest absolute Gasteiger partial charge is 0.464 e. The van der Waals surface area contributed by atoms with Gasteiger partial charge in [0, 0.05) is 6.61 Å². The normalized spacial score (nSPS) is 18.3. The lowest BCUT2D eigenvalue weighted by Gasteiger charge is -2.25. The van der Waals surface area contributed by atoms with Crippen LogP contribution >= 0.6 is 0 Å². The van der Waals surface area contributed by atoms with Gasteiger partial charge in [0.1, 0.15) is 0 Å². The van der Waals surface area contributed by atoms with Gasteiger partial charge < -0.3 is 9.47 Å². The van der Waals surface area contributed by atoms with Gasteiger partial charge in [0.15, 0.2) is 6.10 Å². The van der Waals surface area contributed by atoms with Crippen LogP contribution in [0.3, 0.4) is 0 Å². The standard InChI is InChI=1S/C12H22O3/c1-3-11(12(13)14-4-2)15-9-8-10-6-5-7-10/h10-11H,3-9H2,1-2H3. The van der Waals surface area contributed by atoms with E-state index in [2.05, 4.69) is 0 Å². The van der Waals surface area contributed by atoms with Gasteiger partial charge in [0.05, 0.1) is 6.61 Å². The molecule has 1 atom stereocenters. The molecular formula is C12H22O3. The van der Waals surface area contributed by atoms with Gasteiger partial charge in [-0.05, 0) is 25.7 Å². The second-order valence-corrected chi connectivity index (χ2v) is 4.11. The van der Waals surface area contributed by atoms with Crippen molar-refractivity contribution in [3.63, 3.8) is 0 Å². The molecule has 3 nitrogen and oxygen atoms in total. The number of carbonyl (C=O) groups is 1. The van der Waals surface area contributed by atoms with Crippen molar-refractivity contribution in [3.05, 3.63) is 0 Å². The fourth-order valence-corrected chi connectivity index (χ4v) is 1.75. The van der Waals surface area contributed by atoms with Crippen molar-refractivity contribution in [1.29, 1.82) is 0 Å². The third-order valence-electron chi connectivity index (χ3n) is 2.99. The third kappa shape index (κ3) is 4.20. The third-order valence-corrected chi connectivity index (χ3v) is 2.99. The molecule has 1 fully saturated rings. The van der Waals surface area contributed by atoms with Gasteiger partial charge in [-0.1, -0.05) is 26.2 Å². The van der Waals surface area contributed by atoms with E-state index < -0.39 is 0 Å². The van der Waals surface area contributed by atoms with Crippen molar-refractivity contribution in [2.45, 2.75) is 52.1 Å². The fourth-order valence-electron chi connectivity index (χ4n) is 1.75. The van der Waals surface area contributed by atoms with E-state index in [0.717, 1.165) is 12.3 Å². The van der Waals surface area contributed by atoms with Crippen LogP contribution in [0.2, 0.25) is 0 Å². The molecule has 3 heteroatoms. The van der Waals surface area contributed by atoms with Crippen LogP contribution in [0.1, 0.15) is 46.0 Å². The first kappa shape index (κ1) is 12.5. The summed E-state index contributed by atoms with van der Waals surface area (Å²) >= 11 is 0. The summed E-state index contributed by atoms with van der Waals surface area (Å²) in [4.78, 5) is 11.4. The quantitative estimate of drug-likeness (QED) is 0.611. The first-order valence-corrected chi connectivity index (χ1v) is 6.06. The van der Waals surface area contributed by atoms with Gasteiger partial charge in [-0.3, -0.25) is 0 Å². The molecule has 88 valence electrons. The molecule has 0 aromatic heterocycles. The number of rotatable bonds is 7. The van der Waals surface area contributed by atoms with Gasteiger partial charge >= 0.3 is 5.97 Å². The minimum Gasteiger partial charge on any atom is -0.464 e. The van der Waals surface area contributed by atoms with Crippen LogP contribution < -0.4 is 0 Å². The average molecular weight is 214 g/mol. The van der Waals surface area contributed by atoms with E-state index in [4.69, 9.17) is 9.47 Å². The second kappa shape index (κ2) is 6.83. The smallest absolute Gasteiger partial charge is 0.335 e. The summed E-state index contributed by atoms with van der Waals surface area (Å²) in [6.07, 6.45) is 5.46. The lowest BCUT2D eigenvalue weighted by Crippen LogP contribution is -2.27. The molecule has 0 aromatic carbocycles. The molecule has 0 aromatic rings. The van der Waals surface area contributed by atoms with E-state index in [1.165, 1.54) is 19.3 Å². The lowest BCUT2D eigenvalue weighted by molar-refractivity contribution is -0.157. The van der Waals surface area contributed by atoms with E-state index in [0.29, 0.717) is 19.6 Å². The first-order chi connectivity index (χ1) is 7.27. The Hall–Kier alpha value is -0.570. The van der Waals surface area contributed by atoms with Crippen molar-refractivity contribution >= 4 is 5.97 Å². The molecule has 1 saturated carbocycles. The summed E-state index contributed by atoms with van der Waals surface area (Å²) < 4.78 is 10.5. The molecule has 0 amide bonds. The van der Waals surface area contributed by atoms with Crippen LogP contribution in [0.4, 0.5) is 0 Å². The molecule has 0 spiro atoms. The molecule has 0 aliphatic heterocycles. The number of hydrogen-bond acceptors (Lipinski definition) is 3. The van der Waals surface area contributed by atoms with Gasteiger partial charge in [-0.15, -0.1) is 0 Å². The summed E-state index contributed by atoms with van der Waals surface area (Å²) in [5, 5.41) is 0. The van der Waals surface area contributed by atoms with E-state index >= 15 is 0 Å². The van der Waals surface area contributed by atoms with E-state index in [9.17, 15) is 4.79 Å². The molecular weight excluding hydrogens is 192 g/mol. The highest BCUT2D eigenvalue weighted by Gasteiger charge is 2.21. The summed E-state index contributed by atoms with van der Waals surface area (Å²) in [6.45, 7) is 4.90. The topological polar surface area (TPSA) is 35.5 Å². The Labute approximate surface area is 92.1 Å². The van der Waals surface area contributed by atoms with Gasteiger partial charge in [0.2, 0.25) is 0 Å². The monoisotopic (exact) mass is 214 g/mol. The molecule has 0 heterocycles. The van der Waals surface area contributed by atoms with Crippen LogP contribution in [0, 0.1) is 5.92 Å². The molecule has 0 N–H and O–H groups in total. The van der Waals surface area contributed by atoms with Crippen molar-refractivity contribution in [2.24, 2.45) is 5.92 Å². The molecule has 0 radical (unpaired) electrons. The average Bonchev–Trinajstić information content (AvgIpc) is 2.15. The highest BCUT2D eigenvalue weighted by atomic mass is 16.6. The van der Waals surface area contributed by atoms with Crippen LogP contribution in [0.5, 0.6) is 0 Å². The van der Waals surface area contributed by atoms with Gasteiger partial charge in [-0.2, -0.15) is 0 Å². The molecule has 15 heavy (non-hydrogen) atoms. The predicted molar refractivity (Wildman–Crippen MR) is 58.6 cm³/mol. The summed E-state index contributed by atoms with van der Waals surface area (Å²) in [5.74, 6) is 0.623. The van der Waals surface area contributed by atoms with Crippen molar-refractivity contribution in [3.8, 4) is 0 Å². The van der Waals surface area contributed by atoms with Crippen LogP contribution in [-0.2, 0) is 14.3 Å². The Balaban J connectivity index is 2.11. The second-order valence-electron chi connectivity index (χ2n) is 4.11. The highest BCUT2D eigenvalue weighted by Crippen LogP contribution is 2.29. The zero-order valence-electron chi connectivity index (χ0n) is 9.83. The summed E-state index contributed by atoms with van der Waals surface area (Å²) in [6, 6.07) is 0. The summed E-state index contributed by atoms with van der Waals surface area (Å²) in [5.41, 5.74) is 0. The number of hydrogen-bond donors (Lipinski definition) is 0. The number of esters is 1. The fraction of sp³-hybridized carbons (Fsp3) is 0.917. The van der Waals surface area contributed by atoms with Gasteiger partial charge in [-0.25, -0.2) is 4.79 Å². The highest BCUT2D eigenvalue weighted by molar-refractivity contribution is 5.74. The predicted octanol–water partition coefficient (Wildman–Crippen LogP) is 2.53. The Morgan fingerprint density at radius 3 is 2.60 bits per heavy atom. The van der Waals surface area contributed by atoms with Crippen LogP contribution in [0.15, 0.2) is 0 Å². The maximum Gasteiger partial charge on any atom is 0.335 e. The van der Waals surface area contributed by atoms with Crippen molar-refractivity contribution < 1.29 is 14.3 Å². The molecule has 1 unspecified atom stereocenters. The van der Waals surface area contributed by atoms with Crippen molar-refractivity contribution in [1.82, 2.24) is 0 Å². The number of carbonyl (C=O) groups excluding carboxylic acids is 1. The minimum absolute atomic E-state index is 0.214. The van der Waals surface area contributed by atoms with Crippen LogP contribution in [0.25, 0.3) is 0 Å². The molecule has 1 aliphatic carbocycles. The van der Waals surface area contributed by atoms with E-state index in [-0.39, 0.29) is 12.1 Å². The maximum atomic E-state index is 11.4.